The number of fused-ring (bicyclic) bond motifs is 2. The Kier molecular flexibility index (Phi) is 2.59. The molecule has 4 heteroatoms. The number of thioether (sulfide) groups is 1. The molecule has 1 unspecified atom stereocenters. The summed E-state index contributed by atoms with van der Waals surface area (Å²) in [5, 5.41) is 2.71. The molecule has 1 aromatic rings. The molecule has 3 rings (SSSR count). The monoisotopic (exact) mass is 247 g/mol. The van der Waals surface area contributed by atoms with Gasteiger partial charge in [-0.1, -0.05) is 18.2 Å². The Morgan fingerprint density at radius 3 is 3.12 bits per heavy atom. The third-order valence-electron chi connectivity index (χ3n) is 3.09. The van der Waals surface area contributed by atoms with Crippen LogP contribution in [-0.2, 0) is 4.79 Å². The van der Waals surface area contributed by atoms with Crippen molar-refractivity contribution < 1.29 is 9.53 Å². The molecule has 0 spiro atoms. The summed E-state index contributed by atoms with van der Waals surface area (Å²) in [6, 6.07) is 8.02. The fourth-order valence-corrected chi connectivity index (χ4v) is 3.61. The van der Waals surface area contributed by atoms with Gasteiger partial charge in [0.1, 0.15) is 12.4 Å². The zero-order valence-corrected chi connectivity index (χ0v) is 10.3. The molecular formula is C13H13NO2S. The van der Waals surface area contributed by atoms with Gasteiger partial charge in [0.05, 0.1) is 5.25 Å². The Balaban J connectivity index is 1.93. The highest BCUT2D eigenvalue weighted by Gasteiger charge is 2.33. The van der Waals surface area contributed by atoms with Crippen LogP contribution >= 0.6 is 11.8 Å². The number of hydrogen-bond acceptors (Lipinski definition) is 3. The summed E-state index contributed by atoms with van der Waals surface area (Å²) in [7, 11) is 1.69. The van der Waals surface area contributed by atoms with E-state index in [-0.39, 0.29) is 11.2 Å². The van der Waals surface area contributed by atoms with E-state index in [1.165, 1.54) is 10.5 Å². The number of amides is 1. The molecule has 1 amide bonds. The van der Waals surface area contributed by atoms with E-state index in [0.717, 1.165) is 17.7 Å². The van der Waals surface area contributed by atoms with Crippen molar-refractivity contribution in [3.8, 4) is 5.75 Å². The molecule has 1 aromatic carbocycles. The van der Waals surface area contributed by atoms with Gasteiger partial charge in [-0.2, -0.15) is 0 Å². The second kappa shape index (κ2) is 4.11. The predicted molar refractivity (Wildman–Crippen MR) is 68.9 cm³/mol. The average Bonchev–Trinajstić information content (AvgIpc) is 2.82. The normalized spacial score (nSPS) is 21.6. The lowest BCUT2D eigenvalue weighted by atomic mass is 10.0. The molecule has 0 fully saturated rings. The highest BCUT2D eigenvalue weighted by atomic mass is 32.2. The molecule has 0 bridgehead atoms. The number of nitrogens with one attached hydrogen (secondary N) is 1. The lowest BCUT2D eigenvalue weighted by molar-refractivity contribution is -0.120. The summed E-state index contributed by atoms with van der Waals surface area (Å²) in [5.41, 5.74) is 2.38. The standard InChI is InChI=1S/C13H13NO2S/c1-14-13(15)11-6-8-7-16-10-5-3-2-4-9(10)12(8)17-11/h2-5,11H,6-7H2,1H3,(H,14,15). The predicted octanol–water partition coefficient (Wildman–Crippen LogP) is 2.04. The third-order valence-corrected chi connectivity index (χ3v) is 4.49. The van der Waals surface area contributed by atoms with E-state index in [0.29, 0.717) is 6.61 Å². The van der Waals surface area contributed by atoms with Gasteiger partial charge >= 0.3 is 0 Å². The smallest absolute Gasteiger partial charge is 0.233 e. The lowest BCUT2D eigenvalue weighted by Gasteiger charge is -2.18. The Hall–Kier alpha value is -1.42. The number of para-hydroxylation sites is 1. The molecule has 17 heavy (non-hydrogen) atoms. The second-order valence-electron chi connectivity index (χ2n) is 4.14. The van der Waals surface area contributed by atoms with Gasteiger partial charge in [0, 0.05) is 17.5 Å². The van der Waals surface area contributed by atoms with Crippen molar-refractivity contribution in [1.82, 2.24) is 5.32 Å². The zero-order chi connectivity index (χ0) is 11.8. The van der Waals surface area contributed by atoms with Gasteiger partial charge < -0.3 is 10.1 Å². The van der Waals surface area contributed by atoms with Crippen LogP contribution in [0, 0.1) is 0 Å². The van der Waals surface area contributed by atoms with Gasteiger partial charge in [0.2, 0.25) is 5.91 Å². The van der Waals surface area contributed by atoms with Crippen molar-refractivity contribution in [3.05, 3.63) is 35.4 Å². The van der Waals surface area contributed by atoms with E-state index in [1.807, 2.05) is 18.2 Å². The molecule has 0 aromatic heterocycles. The highest BCUT2D eigenvalue weighted by Crippen LogP contribution is 2.48. The van der Waals surface area contributed by atoms with Crippen LogP contribution in [0.4, 0.5) is 0 Å². The molecule has 1 atom stereocenters. The molecule has 0 aliphatic carbocycles. The molecule has 3 nitrogen and oxygen atoms in total. The van der Waals surface area contributed by atoms with Crippen molar-refractivity contribution in [2.45, 2.75) is 11.7 Å². The summed E-state index contributed by atoms with van der Waals surface area (Å²) >= 11 is 1.66. The molecule has 2 aliphatic rings. The summed E-state index contributed by atoms with van der Waals surface area (Å²) in [5.74, 6) is 1.03. The van der Waals surface area contributed by atoms with Crippen LogP contribution in [0.1, 0.15) is 12.0 Å². The minimum atomic E-state index is -0.000226. The minimum Gasteiger partial charge on any atom is -0.489 e. The fourth-order valence-electron chi connectivity index (χ4n) is 2.21. The van der Waals surface area contributed by atoms with Crippen molar-refractivity contribution >= 4 is 22.6 Å². The van der Waals surface area contributed by atoms with Gasteiger partial charge in [0.15, 0.2) is 0 Å². The summed E-state index contributed by atoms with van der Waals surface area (Å²) < 4.78 is 5.70. The largest absolute Gasteiger partial charge is 0.489 e. The zero-order valence-electron chi connectivity index (χ0n) is 9.53. The average molecular weight is 247 g/mol. The van der Waals surface area contributed by atoms with Crippen LogP contribution in [0.3, 0.4) is 0 Å². The summed E-state index contributed by atoms with van der Waals surface area (Å²) in [6.07, 6.45) is 0.800. The molecule has 0 radical (unpaired) electrons. The van der Waals surface area contributed by atoms with E-state index in [9.17, 15) is 4.79 Å². The van der Waals surface area contributed by atoms with Gasteiger partial charge in [-0.05, 0) is 18.1 Å². The molecule has 2 heterocycles. The number of benzene rings is 1. The first kappa shape index (κ1) is 10.7. The van der Waals surface area contributed by atoms with Crippen LogP contribution in [-0.4, -0.2) is 24.8 Å². The first-order valence-electron chi connectivity index (χ1n) is 5.62. The van der Waals surface area contributed by atoms with Crippen molar-refractivity contribution in [1.29, 1.82) is 0 Å². The Bertz CT molecular complexity index is 510. The number of hydrogen-bond donors (Lipinski definition) is 1. The molecular weight excluding hydrogens is 234 g/mol. The number of ether oxygens (including phenoxy) is 1. The fraction of sp³-hybridized carbons (Fsp3) is 0.308. The quantitative estimate of drug-likeness (QED) is 0.825. The van der Waals surface area contributed by atoms with E-state index in [4.69, 9.17) is 4.74 Å². The van der Waals surface area contributed by atoms with Crippen LogP contribution < -0.4 is 10.1 Å². The van der Waals surface area contributed by atoms with Crippen molar-refractivity contribution in [3.63, 3.8) is 0 Å². The summed E-state index contributed by atoms with van der Waals surface area (Å²) in [4.78, 5) is 12.9. The van der Waals surface area contributed by atoms with Gasteiger partial charge in [0.25, 0.3) is 0 Å². The van der Waals surface area contributed by atoms with E-state index >= 15 is 0 Å². The van der Waals surface area contributed by atoms with Gasteiger partial charge in [-0.3, -0.25) is 4.79 Å². The number of rotatable bonds is 1. The van der Waals surface area contributed by atoms with Gasteiger partial charge in [-0.25, -0.2) is 0 Å². The maximum absolute atomic E-state index is 11.7. The SMILES string of the molecule is CNC(=O)C1CC2=C(S1)c1ccccc1OC2. The van der Waals surface area contributed by atoms with Gasteiger partial charge in [-0.15, -0.1) is 11.8 Å². The maximum atomic E-state index is 11.7. The lowest BCUT2D eigenvalue weighted by Crippen LogP contribution is -2.28. The Labute approximate surface area is 104 Å². The van der Waals surface area contributed by atoms with E-state index < -0.39 is 0 Å². The molecule has 2 aliphatic heterocycles. The molecule has 0 saturated heterocycles. The molecule has 1 N–H and O–H groups in total. The summed E-state index contributed by atoms with van der Waals surface area (Å²) in [6.45, 7) is 0.618. The van der Waals surface area contributed by atoms with Crippen molar-refractivity contribution in [2.75, 3.05) is 13.7 Å². The van der Waals surface area contributed by atoms with Crippen molar-refractivity contribution in [2.24, 2.45) is 0 Å². The maximum Gasteiger partial charge on any atom is 0.233 e. The van der Waals surface area contributed by atoms with E-state index in [2.05, 4.69) is 11.4 Å². The Morgan fingerprint density at radius 1 is 1.47 bits per heavy atom. The molecule has 0 saturated carbocycles. The number of carbonyl (C=O) groups is 1. The van der Waals surface area contributed by atoms with Crippen LogP contribution in [0.2, 0.25) is 0 Å². The van der Waals surface area contributed by atoms with Crippen LogP contribution in [0.15, 0.2) is 29.8 Å². The second-order valence-corrected chi connectivity index (χ2v) is 5.36. The molecule has 88 valence electrons. The third kappa shape index (κ3) is 1.72. The van der Waals surface area contributed by atoms with Crippen LogP contribution in [0.5, 0.6) is 5.75 Å². The first-order chi connectivity index (χ1) is 8.29. The van der Waals surface area contributed by atoms with E-state index in [1.54, 1.807) is 18.8 Å². The highest BCUT2D eigenvalue weighted by molar-refractivity contribution is 8.09. The minimum absolute atomic E-state index is 0.000226. The first-order valence-corrected chi connectivity index (χ1v) is 6.50. The Morgan fingerprint density at radius 2 is 2.29 bits per heavy atom. The number of carbonyl (C=O) groups excluding carboxylic acids is 1. The topological polar surface area (TPSA) is 38.3 Å². The van der Waals surface area contributed by atoms with Crippen LogP contribution in [0.25, 0.3) is 4.91 Å².